The Hall–Kier alpha value is -3.17. The molecule has 2 aromatic rings. The highest BCUT2D eigenvalue weighted by atomic mass is 16.7. The molecule has 0 unspecified atom stereocenters. The molecule has 0 N–H and O–H groups in total. The molecule has 1 saturated heterocycles. The van der Waals surface area contributed by atoms with Gasteiger partial charge in [-0.1, -0.05) is 0 Å². The van der Waals surface area contributed by atoms with Gasteiger partial charge in [0.1, 0.15) is 11.5 Å². The first-order valence-electron chi connectivity index (χ1n) is 9.66. The van der Waals surface area contributed by atoms with Crippen LogP contribution in [0.5, 0.6) is 17.2 Å². The number of nitro groups is 1. The van der Waals surface area contributed by atoms with E-state index >= 15 is 0 Å². The van der Waals surface area contributed by atoms with Gasteiger partial charge in [-0.25, -0.2) is 4.79 Å². The molecule has 160 valence electrons. The summed E-state index contributed by atoms with van der Waals surface area (Å²) in [4.78, 5) is 23.6. The molecule has 0 saturated carbocycles. The lowest BCUT2D eigenvalue weighted by molar-refractivity contribution is -0.385. The number of rotatable bonds is 8. The Morgan fingerprint density at radius 3 is 2.27 bits per heavy atom. The van der Waals surface area contributed by atoms with Crippen molar-refractivity contribution < 1.29 is 33.4 Å². The topological polar surface area (TPSA) is 106 Å². The first-order chi connectivity index (χ1) is 14.5. The minimum Gasteiger partial charge on any atom is -0.494 e. The minimum atomic E-state index is -0.765. The van der Waals surface area contributed by atoms with E-state index < -0.39 is 17.2 Å². The first-order valence-corrected chi connectivity index (χ1v) is 9.66. The fourth-order valence-electron chi connectivity index (χ4n) is 2.94. The summed E-state index contributed by atoms with van der Waals surface area (Å²) in [6.07, 6.45) is 0.0811. The van der Waals surface area contributed by atoms with Gasteiger partial charge in [0.2, 0.25) is 5.75 Å². The van der Waals surface area contributed by atoms with Crippen molar-refractivity contribution in [1.82, 2.24) is 0 Å². The zero-order valence-corrected chi connectivity index (χ0v) is 16.8. The van der Waals surface area contributed by atoms with E-state index in [2.05, 4.69) is 0 Å². The van der Waals surface area contributed by atoms with Gasteiger partial charge in [-0.05, 0) is 44.5 Å². The average Bonchev–Trinajstić information content (AvgIpc) is 2.75. The molecular formula is C21H23NO8. The van der Waals surface area contributed by atoms with Crippen molar-refractivity contribution in [2.24, 2.45) is 0 Å². The molecule has 2 aromatic carbocycles. The second-order valence-corrected chi connectivity index (χ2v) is 6.36. The standard InChI is InChI=1S/C21H23NO8/c1-3-26-16-10-15(11-17(13-16)27-4-2)20(23)30-19-7-6-14(12-18(19)22(24)25)21-28-8-5-9-29-21/h6-7,10-13,21H,3-5,8-9H2,1-2H3. The predicted molar refractivity (Wildman–Crippen MR) is 106 cm³/mol. The van der Waals surface area contributed by atoms with Crippen molar-refractivity contribution in [2.45, 2.75) is 26.6 Å². The van der Waals surface area contributed by atoms with E-state index in [1.54, 1.807) is 12.1 Å². The van der Waals surface area contributed by atoms with Crippen LogP contribution in [-0.2, 0) is 9.47 Å². The number of carbonyl (C=O) groups excluding carboxylic acids is 1. The molecule has 1 aliphatic heterocycles. The molecule has 0 amide bonds. The van der Waals surface area contributed by atoms with Crippen molar-refractivity contribution in [1.29, 1.82) is 0 Å². The lowest BCUT2D eigenvalue weighted by atomic mass is 10.1. The van der Waals surface area contributed by atoms with Gasteiger partial charge in [-0.2, -0.15) is 0 Å². The van der Waals surface area contributed by atoms with Gasteiger partial charge in [0.05, 0.1) is 36.9 Å². The molecule has 9 nitrogen and oxygen atoms in total. The van der Waals surface area contributed by atoms with Gasteiger partial charge in [-0.3, -0.25) is 10.1 Å². The van der Waals surface area contributed by atoms with E-state index in [1.807, 2.05) is 13.8 Å². The Morgan fingerprint density at radius 2 is 1.70 bits per heavy atom. The molecule has 0 radical (unpaired) electrons. The summed E-state index contributed by atoms with van der Waals surface area (Å²) in [5.74, 6) is -0.0680. The van der Waals surface area contributed by atoms with Crippen LogP contribution >= 0.6 is 0 Å². The van der Waals surface area contributed by atoms with Crippen molar-refractivity contribution in [3.8, 4) is 17.2 Å². The SMILES string of the molecule is CCOc1cc(OCC)cc(C(=O)Oc2ccc(C3OCCCO3)cc2[N+](=O)[O-])c1. The van der Waals surface area contributed by atoms with Crippen LogP contribution in [0.2, 0.25) is 0 Å². The van der Waals surface area contributed by atoms with Crippen LogP contribution < -0.4 is 14.2 Å². The molecule has 1 aliphatic rings. The monoisotopic (exact) mass is 417 g/mol. The quantitative estimate of drug-likeness (QED) is 0.274. The summed E-state index contributed by atoms with van der Waals surface area (Å²) in [5.41, 5.74) is 0.282. The molecule has 0 bridgehead atoms. The third-order valence-corrected chi connectivity index (χ3v) is 4.22. The van der Waals surface area contributed by atoms with Crippen LogP contribution in [0, 0.1) is 10.1 Å². The summed E-state index contributed by atoms with van der Waals surface area (Å²) in [7, 11) is 0. The summed E-state index contributed by atoms with van der Waals surface area (Å²) in [5, 5.41) is 11.5. The van der Waals surface area contributed by atoms with Crippen LogP contribution in [0.4, 0.5) is 5.69 Å². The molecule has 9 heteroatoms. The normalized spacial score (nSPS) is 14.2. The highest BCUT2D eigenvalue weighted by Gasteiger charge is 2.25. The Kier molecular flexibility index (Phi) is 7.21. The smallest absolute Gasteiger partial charge is 0.344 e. The fraction of sp³-hybridized carbons (Fsp3) is 0.381. The van der Waals surface area contributed by atoms with Crippen molar-refractivity contribution in [3.63, 3.8) is 0 Å². The molecule has 0 aliphatic carbocycles. The van der Waals surface area contributed by atoms with Crippen molar-refractivity contribution >= 4 is 11.7 Å². The number of ether oxygens (including phenoxy) is 5. The molecule has 30 heavy (non-hydrogen) atoms. The fourth-order valence-corrected chi connectivity index (χ4v) is 2.94. The van der Waals surface area contributed by atoms with Crippen LogP contribution in [-0.4, -0.2) is 37.3 Å². The van der Waals surface area contributed by atoms with E-state index in [9.17, 15) is 14.9 Å². The van der Waals surface area contributed by atoms with E-state index in [4.69, 9.17) is 23.7 Å². The van der Waals surface area contributed by atoms with Gasteiger partial charge in [-0.15, -0.1) is 0 Å². The van der Waals surface area contributed by atoms with Gasteiger partial charge in [0, 0.05) is 17.7 Å². The number of nitrogens with zero attached hydrogens (tertiary/aromatic N) is 1. The average molecular weight is 417 g/mol. The van der Waals surface area contributed by atoms with E-state index in [0.29, 0.717) is 43.5 Å². The maximum atomic E-state index is 12.7. The molecule has 0 atom stereocenters. The number of nitro benzene ring substituents is 1. The largest absolute Gasteiger partial charge is 0.494 e. The van der Waals surface area contributed by atoms with Crippen LogP contribution in [0.3, 0.4) is 0 Å². The van der Waals surface area contributed by atoms with E-state index in [1.165, 1.54) is 24.3 Å². The Labute approximate surface area is 173 Å². The summed E-state index contributed by atoms with van der Waals surface area (Å²) in [6.45, 7) is 5.46. The van der Waals surface area contributed by atoms with Gasteiger partial charge in [0.15, 0.2) is 6.29 Å². The Balaban J connectivity index is 1.86. The van der Waals surface area contributed by atoms with E-state index in [-0.39, 0.29) is 17.0 Å². The zero-order chi connectivity index (χ0) is 21.5. The van der Waals surface area contributed by atoms with Gasteiger partial charge in [0.25, 0.3) is 0 Å². The van der Waals surface area contributed by atoms with E-state index in [0.717, 1.165) is 6.42 Å². The first kappa shape index (κ1) is 21.5. The zero-order valence-electron chi connectivity index (χ0n) is 16.8. The number of hydrogen-bond donors (Lipinski definition) is 0. The predicted octanol–water partition coefficient (Wildman–Crippen LogP) is 4.05. The number of hydrogen-bond acceptors (Lipinski definition) is 8. The number of benzene rings is 2. The van der Waals surface area contributed by atoms with Crippen LogP contribution in [0.1, 0.15) is 42.5 Å². The third kappa shape index (κ3) is 5.25. The highest BCUT2D eigenvalue weighted by Crippen LogP contribution is 2.33. The molecule has 1 fully saturated rings. The summed E-state index contributed by atoms with van der Waals surface area (Å²) < 4.78 is 27.2. The molecular weight excluding hydrogens is 394 g/mol. The molecule has 0 spiro atoms. The molecule has 3 rings (SSSR count). The lowest BCUT2D eigenvalue weighted by Gasteiger charge is -2.23. The van der Waals surface area contributed by atoms with Crippen molar-refractivity contribution in [3.05, 3.63) is 57.6 Å². The Morgan fingerprint density at radius 1 is 1.07 bits per heavy atom. The van der Waals surface area contributed by atoms with Crippen molar-refractivity contribution in [2.75, 3.05) is 26.4 Å². The second kappa shape index (κ2) is 10.0. The highest BCUT2D eigenvalue weighted by molar-refractivity contribution is 5.92. The number of carbonyl (C=O) groups is 1. The summed E-state index contributed by atoms with van der Waals surface area (Å²) >= 11 is 0. The summed E-state index contributed by atoms with van der Waals surface area (Å²) in [6, 6.07) is 8.89. The van der Waals surface area contributed by atoms with Crippen LogP contribution in [0.15, 0.2) is 36.4 Å². The maximum absolute atomic E-state index is 12.7. The van der Waals surface area contributed by atoms with Gasteiger partial charge >= 0.3 is 11.7 Å². The third-order valence-electron chi connectivity index (χ3n) is 4.22. The van der Waals surface area contributed by atoms with Crippen LogP contribution in [0.25, 0.3) is 0 Å². The lowest BCUT2D eigenvalue weighted by Crippen LogP contribution is -2.18. The number of esters is 1. The second-order valence-electron chi connectivity index (χ2n) is 6.36. The minimum absolute atomic E-state index is 0.154. The molecule has 0 aromatic heterocycles. The molecule has 1 heterocycles. The Bertz CT molecular complexity index is 884. The maximum Gasteiger partial charge on any atom is 0.344 e. The van der Waals surface area contributed by atoms with Gasteiger partial charge < -0.3 is 23.7 Å².